The number of anilines is 1. The molecule has 1 aliphatic heterocycles. The number of ketones is 1. The molecule has 0 saturated heterocycles. The molecule has 40 heavy (non-hydrogen) atoms. The molecule has 1 N–H and O–H groups in total. The predicted octanol–water partition coefficient (Wildman–Crippen LogP) is 5.98. The molecule has 1 atom stereocenters. The lowest BCUT2D eigenvalue weighted by atomic mass is 9.87. The van der Waals surface area contributed by atoms with E-state index in [1.807, 2.05) is 36.4 Å². The van der Waals surface area contributed by atoms with Gasteiger partial charge in [-0.25, -0.2) is 4.79 Å². The Morgan fingerprint density at radius 1 is 1.02 bits per heavy atom. The van der Waals surface area contributed by atoms with Crippen LogP contribution in [0.2, 0.25) is 0 Å². The lowest BCUT2D eigenvalue weighted by Crippen LogP contribution is -2.49. The summed E-state index contributed by atoms with van der Waals surface area (Å²) in [5.74, 6) is -0.948. The molecule has 1 heterocycles. The van der Waals surface area contributed by atoms with Crippen LogP contribution in [0.4, 0.5) is 23.7 Å². The molecule has 0 aliphatic carbocycles. The van der Waals surface area contributed by atoms with Crippen molar-refractivity contribution in [1.29, 1.82) is 5.26 Å². The molecule has 3 aromatic rings. The number of carbonyl (C=O) groups excluding carboxylic acids is 3. The van der Waals surface area contributed by atoms with Crippen molar-refractivity contribution >= 4 is 23.4 Å². The minimum Gasteiger partial charge on any atom is -0.348 e. The van der Waals surface area contributed by atoms with E-state index >= 15 is 0 Å². The first-order valence-electron chi connectivity index (χ1n) is 12.3. The van der Waals surface area contributed by atoms with E-state index in [4.69, 9.17) is 0 Å². The van der Waals surface area contributed by atoms with Crippen LogP contribution in [0.15, 0.2) is 84.1 Å². The number of rotatable bonds is 6. The van der Waals surface area contributed by atoms with Crippen LogP contribution in [-0.4, -0.2) is 29.7 Å². The number of alkyl halides is 3. The average Bonchev–Trinajstić information content (AvgIpc) is 2.93. The Bertz CT molecular complexity index is 1560. The van der Waals surface area contributed by atoms with Crippen molar-refractivity contribution in [3.05, 3.63) is 112 Å². The van der Waals surface area contributed by atoms with Gasteiger partial charge in [-0.05, 0) is 55.3 Å². The van der Waals surface area contributed by atoms with E-state index in [0.29, 0.717) is 5.56 Å². The number of amides is 3. The van der Waals surface area contributed by atoms with Crippen LogP contribution in [0, 0.1) is 11.3 Å². The molecule has 3 aromatic carbocycles. The first-order valence-corrected chi connectivity index (χ1v) is 12.3. The van der Waals surface area contributed by atoms with E-state index in [-0.39, 0.29) is 34.6 Å². The number of Topliss-reactive ketones (excluding diaryl/α,β-unsaturated/α-hetero) is 1. The number of nitrogens with zero attached hydrogens (tertiary/aromatic N) is 3. The second-order valence-electron chi connectivity index (χ2n) is 9.32. The van der Waals surface area contributed by atoms with Gasteiger partial charge in [0.1, 0.15) is 0 Å². The summed E-state index contributed by atoms with van der Waals surface area (Å²) in [5, 5.41) is 12.3. The summed E-state index contributed by atoms with van der Waals surface area (Å²) >= 11 is 0. The summed E-state index contributed by atoms with van der Waals surface area (Å²) in [5.41, 5.74) is 0.713. The topological polar surface area (TPSA) is 93.5 Å². The number of benzene rings is 3. The maximum atomic E-state index is 13.6. The molecule has 0 aromatic heterocycles. The highest BCUT2D eigenvalue weighted by Crippen LogP contribution is 2.41. The lowest BCUT2D eigenvalue weighted by molar-refractivity contribution is -0.137. The van der Waals surface area contributed by atoms with Gasteiger partial charge in [-0.3, -0.25) is 14.5 Å². The Labute approximate surface area is 229 Å². The summed E-state index contributed by atoms with van der Waals surface area (Å²) in [6, 6.07) is 18.1. The number of halogens is 3. The number of urea groups is 1. The molecule has 10 heteroatoms. The smallest absolute Gasteiger partial charge is 0.348 e. The molecule has 1 unspecified atom stereocenters. The third-order valence-electron chi connectivity index (χ3n) is 6.71. The highest BCUT2D eigenvalue weighted by atomic mass is 19.4. The van der Waals surface area contributed by atoms with Crippen LogP contribution in [0.3, 0.4) is 0 Å². The number of allylic oxidation sites excluding steroid dienone is 1. The van der Waals surface area contributed by atoms with E-state index in [1.165, 1.54) is 56.1 Å². The van der Waals surface area contributed by atoms with Gasteiger partial charge in [0.2, 0.25) is 0 Å². The fourth-order valence-electron chi connectivity index (χ4n) is 4.79. The highest BCUT2D eigenvalue weighted by molar-refractivity contribution is 6.06. The molecule has 0 saturated carbocycles. The minimum absolute atomic E-state index is 0.0537. The van der Waals surface area contributed by atoms with E-state index in [9.17, 15) is 32.8 Å². The van der Waals surface area contributed by atoms with Crippen molar-refractivity contribution in [2.45, 2.75) is 32.6 Å². The summed E-state index contributed by atoms with van der Waals surface area (Å²) in [4.78, 5) is 42.3. The summed E-state index contributed by atoms with van der Waals surface area (Å²) in [7, 11) is 1.41. The molecule has 0 fully saturated rings. The van der Waals surface area contributed by atoms with Gasteiger partial charge in [-0.15, -0.1) is 0 Å². The van der Waals surface area contributed by atoms with Crippen LogP contribution < -0.4 is 10.2 Å². The van der Waals surface area contributed by atoms with E-state index in [2.05, 4.69) is 5.32 Å². The quantitative estimate of drug-likeness (QED) is 0.412. The van der Waals surface area contributed by atoms with Gasteiger partial charge in [0.25, 0.3) is 5.91 Å². The SMILES string of the molecule is CC(=O)C1=C(C)N(c2cccc(C(F)(F)F)c2)C(=O)N(C)C1c1ccc(C#N)cc1C(=O)NCc1ccccc1. The Kier molecular flexibility index (Phi) is 7.77. The zero-order chi connectivity index (χ0) is 29.2. The van der Waals surface area contributed by atoms with Gasteiger partial charge in [-0.2, -0.15) is 18.4 Å². The second-order valence-corrected chi connectivity index (χ2v) is 9.32. The molecular weight excluding hydrogens is 521 g/mol. The molecule has 204 valence electrons. The van der Waals surface area contributed by atoms with Crippen LogP contribution >= 0.6 is 0 Å². The van der Waals surface area contributed by atoms with Crippen molar-refractivity contribution in [2.24, 2.45) is 0 Å². The summed E-state index contributed by atoms with van der Waals surface area (Å²) in [6.45, 7) is 2.97. The van der Waals surface area contributed by atoms with E-state index < -0.39 is 35.5 Å². The zero-order valence-corrected chi connectivity index (χ0v) is 21.9. The fourth-order valence-corrected chi connectivity index (χ4v) is 4.79. The first-order chi connectivity index (χ1) is 18.9. The van der Waals surface area contributed by atoms with E-state index in [0.717, 1.165) is 22.6 Å². The highest BCUT2D eigenvalue weighted by Gasteiger charge is 2.41. The van der Waals surface area contributed by atoms with Gasteiger partial charge < -0.3 is 10.2 Å². The van der Waals surface area contributed by atoms with Gasteiger partial charge in [0, 0.05) is 30.4 Å². The summed E-state index contributed by atoms with van der Waals surface area (Å²) < 4.78 is 40.2. The van der Waals surface area contributed by atoms with Crippen LogP contribution in [-0.2, 0) is 17.5 Å². The Morgan fingerprint density at radius 2 is 1.73 bits per heavy atom. The van der Waals surface area contributed by atoms with Gasteiger partial charge in [-0.1, -0.05) is 42.5 Å². The molecule has 1 aliphatic rings. The van der Waals surface area contributed by atoms with Gasteiger partial charge >= 0.3 is 12.2 Å². The minimum atomic E-state index is -4.63. The average molecular weight is 547 g/mol. The van der Waals surface area contributed by atoms with Gasteiger partial charge in [0.15, 0.2) is 5.78 Å². The fraction of sp³-hybridized carbons (Fsp3) is 0.200. The van der Waals surface area contributed by atoms with Crippen molar-refractivity contribution in [1.82, 2.24) is 10.2 Å². The monoisotopic (exact) mass is 546 g/mol. The number of carbonyl (C=O) groups is 3. The maximum Gasteiger partial charge on any atom is 0.416 e. The Hall–Kier alpha value is -4.91. The number of hydrogen-bond acceptors (Lipinski definition) is 4. The Morgan fingerprint density at radius 3 is 2.35 bits per heavy atom. The number of nitrogens with one attached hydrogen (secondary N) is 1. The van der Waals surface area contributed by atoms with Crippen molar-refractivity contribution < 1.29 is 27.6 Å². The number of hydrogen-bond donors (Lipinski definition) is 1. The molecule has 3 amide bonds. The van der Waals surface area contributed by atoms with Crippen molar-refractivity contribution in [3.8, 4) is 6.07 Å². The van der Waals surface area contributed by atoms with Crippen LogP contribution in [0.25, 0.3) is 0 Å². The maximum absolute atomic E-state index is 13.6. The molecule has 0 radical (unpaired) electrons. The van der Waals surface area contributed by atoms with Crippen LogP contribution in [0.1, 0.15) is 52.5 Å². The van der Waals surface area contributed by atoms with Crippen molar-refractivity contribution in [2.75, 3.05) is 11.9 Å². The first kappa shape index (κ1) is 28.1. The largest absolute Gasteiger partial charge is 0.416 e. The molecular formula is C30H25F3N4O3. The third-order valence-corrected chi connectivity index (χ3v) is 6.71. The standard InChI is InChI=1S/C30H25F3N4O3/c1-18-26(19(2)38)27(36(3)29(40)37(18)23-11-7-10-22(15-23)30(31,32)33)24-13-12-21(16-34)14-25(24)28(39)35-17-20-8-5-4-6-9-20/h4-15,27H,17H2,1-3H3,(H,35,39). The van der Waals surface area contributed by atoms with Crippen LogP contribution in [0.5, 0.6) is 0 Å². The predicted molar refractivity (Wildman–Crippen MR) is 142 cm³/mol. The zero-order valence-electron chi connectivity index (χ0n) is 21.9. The Balaban J connectivity index is 1.82. The number of likely N-dealkylation sites (N-methyl/N-ethyl adjacent to an activating group) is 1. The molecule has 0 bridgehead atoms. The summed E-state index contributed by atoms with van der Waals surface area (Å²) in [6.07, 6.45) is -4.63. The molecule has 0 spiro atoms. The van der Waals surface area contributed by atoms with Crippen molar-refractivity contribution in [3.63, 3.8) is 0 Å². The second kappa shape index (κ2) is 11.1. The van der Waals surface area contributed by atoms with E-state index in [1.54, 1.807) is 0 Å². The molecule has 7 nitrogen and oxygen atoms in total. The molecule has 4 rings (SSSR count). The number of nitriles is 1. The van der Waals surface area contributed by atoms with Gasteiger partial charge in [0.05, 0.1) is 28.9 Å². The lowest BCUT2D eigenvalue weighted by Gasteiger charge is -2.41. The third kappa shape index (κ3) is 5.45. The normalized spacial score (nSPS) is 15.6.